The van der Waals surface area contributed by atoms with Crippen molar-refractivity contribution in [2.75, 3.05) is 7.11 Å². The average Bonchev–Trinajstić information content (AvgIpc) is 3.15. The zero-order valence-corrected chi connectivity index (χ0v) is 22.2. The van der Waals surface area contributed by atoms with E-state index in [0.717, 1.165) is 0 Å². The first-order valence-electron chi connectivity index (χ1n) is 12.5. The molecule has 5 rings (SSSR count). The second kappa shape index (κ2) is 7.83. The van der Waals surface area contributed by atoms with Gasteiger partial charge in [-0.05, 0) is 39.7 Å². The maximum absolute atomic E-state index is 12.7. The first kappa shape index (κ1) is 25.8. The number of carbonyl (C=O) groups is 3. The van der Waals surface area contributed by atoms with Gasteiger partial charge in [-0.25, -0.2) is 4.79 Å². The third-order valence-electron chi connectivity index (χ3n) is 9.21. The Kier molecular flexibility index (Phi) is 5.46. The topological polar surface area (TPSA) is 138 Å². The molecule has 0 spiro atoms. The number of hydrogen-bond donors (Lipinski definition) is 2. The van der Waals surface area contributed by atoms with Crippen LogP contribution < -0.4 is 9.47 Å². The molecule has 1 saturated carbocycles. The van der Waals surface area contributed by atoms with Gasteiger partial charge in [-0.3, -0.25) is 9.59 Å². The summed E-state index contributed by atoms with van der Waals surface area (Å²) in [5.74, 6) is -1.82. The number of rotatable bonds is 2. The van der Waals surface area contributed by atoms with E-state index >= 15 is 0 Å². The van der Waals surface area contributed by atoms with Gasteiger partial charge in [-0.1, -0.05) is 6.92 Å². The van der Waals surface area contributed by atoms with Crippen LogP contribution in [0.5, 0.6) is 11.5 Å². The van der Waals surface area contributed by atoms with Crippen molar-refractivity contribution in [3.63, 3.8) is 0 Å². The molecule has 0 amide bonds. The average molecular weight is 519 g/mol. The highest BCUT2D eigenvalue weighted by molar-refractivity contribution is 5.98. The third kappa shape index (κ3) is 3.14. The van der Waals surface area contributed by atoms with E-state index in [1.807, 2.05) is 6.92 Å². The molecule has 37 heavy (non-hydrogen) atoms. The quantitative estimate of drug-likeness (QED) is 0.444. The second-order valence-corrected chi connectivity index (χ2v) is 11.6. The van der Waals surface area contributed by atoms with E-state index < -0.39 is 58.3 Å². The lowest BCUT2D eigenvalue weighted by molar-refractivity contribution is -0.316. The van der Waals surface area contributed by atoms with Gasteiger partial charge < -0.3 is 33.9 Å². The van der Waals surface area contributed by atoms with Crippen LogP contribution in [0.4, 0.5) is 0 Å². The number of carbonyl (C=O) groups excluding carboxylic acids is 3. The van der Waals surface area contributed by atoms with E-state index in [0.29, 0.717) is 22.4 Å². The van der Waals surface area contributed by atoms with Gasteiger partial charge in [0.2, 0.25) is 0 Å². The summed E-state index contributed by atoms with van der Waals surface area (Å²) in [6, 6.07) is 0. The van der Waals surface area contributed by atoms with Crippen LogP contribution in [0, 0.1) is 18.3 Å². The van der Waals surface area contributed by atoms with Gasteiger partial charge in [0.25, 0.3) is 0 Å². The fourth-order valence-corrected chi connectivity index (χ4v) is 7.73. The van der Waals surface area contributed by atoms with Gasteiger partial charge in [0, 0.05) is 36.7 Å². The van der Waals surface area contributed by atoms with Crippen molar-refractivity contribution in [2.45, 2.75) is 96.4 Å². The predicted octanol–water partition coefficient (Wildman–Crippen LogP) is 2.66. The Labute approximate surface area is 215 Å². The third-order valence-corrected chi connectivity index (χ3v) is 9.21. The maximum atomic E-state index is 12.7. The minimum atomic E-state index is -1.92. The SMILES string of the molecule is COc1c2c(c(C)c3c1C(OC(C)=O)C1C(C)(CC(O)C4(O)C(C)(C)OC(=O)CCC14C)O3)COC2=O. The molecule has 6 atom stereocenters. The van der Waals surface area contributed by atoms with E-state index in [1.54, 1.807) is 27.7 Å². The summed E-state index contributed by atoms with van der Waals surface area (Å²) in [6.45, 7) is 9.87. The minimum Gasteiger partial charge on any atom is -0.495 e. The molecule has 202 valence electrons. The molecule has 3 heterocycles. The lowest BCUT2D eigenvalue weighted by atomic mass is 9.45. The summed E-state index contributed by atoms with van der Waals surface area (Å²) >= 11 is 0. The largest absolute Gasteiger partial charge is 0.495 e. The molecular weight excluding hydrogens is 484 g/mol. The van der Waals surface area contributed by atoms with Crippen LogP contribution in [-0.2, 0) is 30.4 Å². The van der Waals surface area contributed by atoms with Crippen molar-refractivity contribution in [2.24, 2.45) is 11.3 Å². The lowest BCUT2D eigenvalue weighted by Gasteiger charge is -2.66. The number of esters is 3. The van der Waals surface area contributed by atoms with E-state index in [4.69, 9.17) is 23.7 Å². The Balaban J connectivity index is 1.84. The Hall–Kier alpha value is -2.85. The number of methoxy groups -OCH3 is 1. The van der Waals surface area contributed by atoms with E-state index in [9.17, 15) is 24.6 Å². The fourth-order valence-electron chi connectivity index (χ4n) is 7.73. The molecule has 1 aromatic rings. The zero-order valence-electron chi connectivity index (χ0n) is 22.2. The molecule has 3 aliphatic heterocycles. The molecule has 10 heteroatoms. The van der Waals surface area contributed by atoms with Gasteiger partial charge in [0.15, 0.2) is 0 Å². The highest BCUT2D eigenvalue weighted by Crippen LogP contribution is 2.68. The lowest BCUT2D eigenvalue weighted by Crippen LogP contribution is -2.77. The standard InChI is InChI=1S/C27H34O10/c1-12-14-11-34-23(31)17(14)20(33-7)18-19(12)37-26(6)10-15(29)27(32)24(3,4)36-16(30)8-9-25(27,5)22(26)21(18)35-13(2)28/h15,21-22,29,32H,8-11H2,1-7H3. The molecule has 1 aliphatic carbocycles. The van der Waals surface area contributed by atoms with Gasteiger partial charge in [-0.2, -0.15) is 0 Å². The van der Waals surface area contributed by atoms with Gasteiger partial charge in [-0.15, -0.1) is 0 Å². The Morgan fingerprint density at radius 3 is 2.43 bits per heavy atom. The van der Waals surface area contributed by atoms with Crippen molar-refractivity contribution in [3.8, 4) is 11.5 Å². The maximum Gasteiger partial charge on any atom is 0.342 e. The normalized spacial score (nSPS) is 37.5. The van der Waals surface area contributed by atoms with Crippen LogP contribution in [0.25, 0.3) is 0 Å². The Morgan fingerprint density at radius 2 is 1.81 bits per heavy atom. The highest BCUT2D eigenvalue weighted by Gasteiger charge is 2.75. The summed E-state index contributed by atoms with van der Waals surface area (Å²) in [7, 11) is 1.42. The van der Waals surface area contributed by atoms with Crippen LogP contribution in [0.3, 0.4) is 0 Å². The molecule has 1 saturated heterocycles. The van der Waals surface area contributed by atoms with Gasteiger partial charge >= 0.3 is 17.9 Å². The van der Waals surface area contributed by atoms with Crippen LogP contribution in [0.15, 0.2) is 0 Å². The molecule has 2 fully saturated rings. The molecule has 10 nitrogen and oxygen atoms in total. The summed E-state index contributed by atoms with van der Waals surface area (Å²) in [6.07, 6.45) is -2.29. The van der Waals surface area contributed by atoms with Crippen LogP contribution in [0.2, 0.25) is 0 Å². The van der Waals surface area contributed by atoms with Crippen LogP contribution in [0.1, 0.15) is 87.0 Å². The molecule has 0 radical (unpaired) electrons. The molecule has 2 N–H and O–H groups in total. The van der Waals surface area contributed by atoms with Gasteiger partial charge in [0.1, 0.15) is 46.6 Å². The van der Waals surface area contributed by atoms with Crippen molar-refractivity contribution in [1.82, 2.24) is 0 Å². The number of hydrogen-bond acceptors (Lipinski definition) is 10. The van der Waals surface area contributed by atoms with Crippen LogP contribution >= 0.6 is 0 Å². The van der Waals surface area contributed by atoms with Crippen molar-refractivity contribution in [3.05, 3.63) is 22.3 Å². The molecule has 0 aromatic heterocycles. The van der Waals surface area contributed by atoms with Gasteiger partial charge in [0.05, 0.1) is 18.8 Å². The molecule has 4 aliphatic rings. The number of fused-ring (bicyclic) bond motifs is 5. The van der Waals surface area contributed by atoms with Crippen LogP contribution in [-0.4, -0.2) is 58.1 Å². The molecule has 0 bridgehead atoms. The Morgan fingerprint density at radius 1 is 1.14 bits per heavy atom. The first-order valence-corrected chi connectivity index (χ1v) is 12.5. The smallest absolute Gasteiger partial charge is 0.342 e. The number of ether oxygens (including phenoxy) is 5. The number of benzene rings is 1. The van der Waals surface area contributed by atoms with Crippen molar-refractivity contribution < 1.29 is 48.3 Å². The zero-order chi connectivity index (χ0) is 27.3. The fraction of sp³-hybridized carbons (Fsp3) is 0.667. The summed E-state index contributed by atoms with van der Waals surface area (Å²) in [5.41, 5.74) is -3.89. The highest BCUT2D eigenvalue weighted by atomic mass is 16.6. The summed E-state index contributed by atoms with van der Waals surface area (Å²) in [4.78, 5) is 37.9. The van der Waals surface area contributed by atoms with E-state index in [2.05, 4.69) is 0 Å². The summed E-state index contributed by atoms with van der Waals surface area (Å²) in [5, 5.41) is 23.9. The second-order valence-electron chi connectivity index (χ2n) is 11.6. The minimum absolute atomic E-state index is 0.0200. The monoisotopic (exact) mass is 518 g/mol. The van der Waals surface area contributed by atoms with Crippen molar-refractivity contribution >= 4 is 17.9 Å². The van der Waals surface area contributed by atoms with E-state index in [1.165, 1.54) is 14.0 Å². The predicted molar refractivity (Wildman–Crippen MR) is 127 cm³/mol. The number of aliphatic hydroxyl groups is 2. The van der Waals surface area contributed by atoms with E-state index in [-0.39, 0.29) is 37.2 Å². The first-order chi connectivity index (χ1) is 17.1. The molecule has 6 unspecified atom stereocenters. The molecule has 1 aromatic carbocycles. The number of aliphatic hydroxyl groups excluding tert-OH is 1. The van der Waals surface area contributed by atoms with Crippen molar-refractivity contribution in [1.29, 1.82) is 0 Å². The summed E-state index contributed by atoms with van der Waals surface area (Å²) < 4.78 is 29.4. The molecular formula is C27H34O10. The number of cyclic esters (lactones) is 2. The Bertz CT molecular complexity index is 1220.